The van der Waals surface area contributed by atoms with Gasteiger partial charge < -0.3 is 4.74 Å². The van der Waals surface area contributed by atoms with Gasteiger partial charge in [0.15, 0.2) is 0 Å². The van der Waals surface area contributed by atoms with Crippen LogP contribution in [0.25, 0.3) is 0 Å². The zero-order valence-corrected chi connectivity index (χ0v) is 12.4. The molecule has 0 atom stereocenters. The van der Waals surface area contributed by atoms with Crippen LogP contribution in [0.3, 0.4) is 0 Å². The van der Waals surface area contributed by atoms with E-state index in [0.29, 0.717) is 6.61 Å². The van der Waals surface area contributed by atoms with Crippen LogP contribution in [-0.4, -0.2) is 26.4 Å². The molecule has 3 nitrogen and oxygen atoms in total. The Balaban J connectivity index is 4.70. The van der Waals surface area contributed by atoms with E-state index in [0.717, 1.165) is 12.8 Å². The van der Waals surface area contributed by atoms with Gasteiger partial charge in [-0.1, -0.05) is 13.8 Å². The molecule has 0 saturated heterocycles. The molecule has 0 N–H and O–H groups in total. The maximum Gasteiger partial charge on any atom is 0.233 e. The fraction of sp³-hybridized carbons (Fsp3) is 1.00. The molecule has 0 aliphatic carbocycles. The predicted molar refractivity (Wildman–Crippen MR) is 68.4 cm³/mol. The van der Waals surface area contributed by atoms with Gasteiger partial charge in [-0.05, 0) is 33.6 Å². The van der Waals surface area contributed by atoms with Gasteiger partial charge in [-0.3, -0.25) is 0 Å². The van der Waals surface area contributed by atoms with Crippen molar-refractivity contribution < 1.29 is 13.2 Å². The van der Waals surface area contributed by atoms with E-state index in [1.54, 1.807) is 0 Å². The van der Waals surface area contributed by atoms with E-state index >= 15 is 0 Å². The third-order valence-electron chi connectivity index (χ3n) is 2.79. The summed E-state index contributed by atoms with van der Waals surface area (Å²) in [6.07, 6.45) is 1.48. The summed E-state index contributed by atoms with van der Waals surface area (Å²) in [4.78, 5) is 0. The minimum atomic E-state index is -3.48. The van der Waals surface area contributed by atoms with Gasteiger partial charge in [0.2, 0.25) is 9.05 Å². The SMILES string of the molecule is CCC(CC)(COC(C)(C)C)CS(=O)(=O)Cl. The van der Waals surface area contributed by atoms with Crippen molar-refractivity contribution in [3.05, 3.63) is 0 Å². The highest BCUT2D eigenvalue weighted by molar-refractivity contribution is 8.13. The highest BCUT2D eigenvalue weighted by Crippen LogP contribution is 2.31. The number of hydrogen-bond acceptors (Lipinski definition) is 3. The van der Waals surface area contributed by atoms with Gasteiger partial charge in [-0.2, -0.15) is 0 Å². The first kappa shape index (κ1) is 16.2. The summed E-state index contributed by atoms with van der Waals surface area (Å²) in [6, 6.07) is 0. The normalized spacial score (nSPS) is 14.1. The predicted octanol–water partition coefficient (Wildman–Crippen LogP) is 3.18. The summed E-state index contributed by atoms with van der Waals surface area (Å²) in [5.41, 5.74) is -0.625. The van der Waals surface area contributed by atoms with Gasteiger partial charge in [0.1, 0.15) is 0 Å². The standard InChI is InChI=1S/C11H23ClO3S/c1-6-11(7-2,9-16(12,13)14)8-15-10(3,4)5/h6-9H2,1-5H3. The molecule has 0 aromatic carbocycles. The molecule has 0 heterocycles. The van der Waals surface area contributed by atoms with E-state index in [4.69, 9.17) is 15.4 Å². The molecule has 0 spiro atoms. The number of ether oxygens (including phenoxy) is 1. The molecule has 0 aliphatic heterocycles. The summed E-state index contributed by atoms with van der Waals surface area (Å²) < 4.78 is 28.1. The Bertz CT molecular complexity index is 300. The van der Waals surface area contributed by atoms with E-state index in [1.807, 2.05) is 34.6 Å². The van der Waals surface area contributed by atoms with Crippen LogP contribution < -0.4 is 0 Å². The molecular formula is C11H23ClO3S. The molecule has 0 bridgehead atoms. The first-order chi connectivity index (χ1) is 7.04. The summed E-state index contributed by atoms with van der Waals surface area (Å²) >= 11 is 0. The molecule has 16 heavy (non-hydrogen) atoms. The Hall–Kier alpha value is 0.200. The smallest absolute Gasteiger partial charge is 0.233 e. The molecule has 0 aromatic heterocycles. The molecule has 0 saturated carbocycles. The van der Waals surface area contributed by atoms with Crippen molar-refractivity contribution in [2.24, 2.45) is 5.41 Å². The molecule has 0 rings (SSSR count). The Morgan fingerprint density at radius 3 is 1.81 bits per heavy atom. The van der Waals surface area contributed by atoms with Gasteiger partial charge >= 0.3 is 0 Å². The highest BCUT2D eigenvalue weighted by atomic mass is 35.7. The second-order valence-electron chi connectivity index (χ2n) is 5.29. The molecule has 0 aliphatic rings. The zero-order valence-electron chi connectivity index (χ0n) is 10.8. The molecule has 0 radical (unpaired) electrons. The largest absolute Gasteiger partial charge is 0.375 e. The van der Waals surface area contributed by atoms with Gasteiger partial charge in [0, 0.05) is 16.1 Å². The molecule has 0 amide bonds. The fourth-order valence-corrected chi connectivity index (χ4v) is 3.35. The monoisotopic (exact) mass is 270 g/mol. The van der Waals surface area contributed by atoms with E-state index < -0.39 is 9.05 Å². The van der Waals surface area contributed by atoms with Crippen LogP contribution in [0.2, 0.25) is 0 Å². The van der Waals surface area contributed by atoms with Crippen molar-refractivity contribution in [1.29, 1.82) is 0 Å². The van der Waals surface area contributed by atoms with Crippen LogP contribution in [-0.2, 0) is 13.8 Å². The Kier molecular flexibility index (Phi) is 5.77. The zero-order chi connectivity index (χ0) is 13.0. The Labute approximate surface area is 104 Å². The Morgan fingerprint density at radius 1 is 1.12 bits per heavy atom. The minimum absolute atomic E-state index is 0.0232. The van der Waals surface area contributed by atoms with E-state index in [-0.39, 0.29) is 16.8 Å². The van der Waals surface area contributed by atoms with E-state index in [9.17, 15) is 8.42 Å². The lowest BCUT2D eigenvalue weighted by Gasteiger charge is -2.33. The van der Waals surface area contributed by atoms with Crippen molar-refractivity contribution in [3.8, 4) is 0 Å². The van der Waals surface area contributed by atoms with Crippen molar-refractivity contribution >= 4 is 19.7 Å². The van der Waals surface area contributed by atoms with Gasteiger partial charge in [-0.15, -0.1) is 0 Å². The van der Waals surface area contributed by atoms with Crippen LogP contribution in [0.5, 0.6) is 0 Å². The minimum Gasteiger partial charge on any atom is -0.375 e. The number of rotatable bonds is 6. The first-order valence-corrected chi connectivity index (χ1v) is 8.08. The van der Waals surface area contributed by atoms with Crippen molar-refractivity contribution in [3.63, 3.8) is 0 Å². The topological polar surface area (TPSA) is 43.4 Å². The molecule has 0 aromatic rings. The molecule has 0 unspecified atom stereocenters. The molecular weight excluding hydrogens is 248 g/mol. The lowest BCUT2D eigenvalue weighted by Crippen LogP contribution is -2.36. The lowest BCUT2D eigenvalue weighted by molar-refractivity contribution is -0.0486. The van der Waals surface area contributed by atoms with Gasteiger partial charge in [0.05, 0.1) is 18.0 Å². The quantitative estimate of drug-likeness (QED) is 0.696. The average Bonchev–Trinajstić information content (AvgIpc) is 2.09. The van der Waals surface area contributed by atoms with Crippen molar-refractivity contribution in [1.82, 2.24) is 0 Å². The van der Waals surface area contributed by atoms with Gasteiger partial charge in [-0.25, -0.2) is 8.42 Å². The third-order valence-corrected chi connectivity index (χ3v) is 4.07. The van der Waals surface area contributed by atoms with Crippen LogP contribution in [0.4, 0.5) is 0 Å². The van der Waals surface area contributed by atoms with E-state index in [2.05, 4.69) is 0 Å². The average molecular weight is 271 g/mol. The highest BCUT2D eigenvalue weighted by Gasteiger charge is 2.33. The maximum absolute atomic E-state index is 11.2. The maximum atomic E-state index is 11.2. The summed E-state index contributed by atoms with van der Waals surface area (Å²) in [7, 11) is 1.86. The number of halogens is 1. The van der Waals surface area contributed by atoms with Crippen molar-refractivity contribution in [2.75, 3.05) is 12.4 Å². The van der Waals surface area contributed by atoms with Crippen LogP contribution in [0, 0.1) is 5.41 Å². The summed E-state index contributed by atoms with van der Waals surface area (Å²) in [5.74, 6) is -0.0232. The Morgan fingerprint density at radius 2 is 1.56 bits per heavy atom. The lowest BCUT2D eigenvalue weighted by atomic mass is 9.85. The van der Waals surface area contributed by atoms with Crippen LogP contribution in [0.15, 0.2) is 0 Å². The van der Waals surface area contributed by atoms with Gasteiger partial charge in [0.25, 0.3) is 0 Å². The van der Waals surface area contributed by atoms with E-state index in [1.165, 1.54) is 0 Å². The molecule has 5 heteroatoms. The van der Waals surface area contributed by atoms with Crippen LogP contribution >= 0.6 is 10.7 Å². The first-order valence-electron chi connectivity index (χ1n) is 5.60. The summed E-state index contributed by atoms with van der Waals surface area (Å²) in [5, 5.41) is 0. The molecule has 0 fully saturated rings. The van der Waals surface area contributed by atoms with Crippen LogP contribution in [0.1, 0.15) is 47.5 Å². The summed E-state index contributed by atoms with van der Waals surface area (Å²) in [6.45, 7) is 10.2. The number of hydrogen-bond donors (Lipinski definition) is 0. The van der Waals surface area contributed by atoms with Crippen molar-refractivity contribution in [2.45, 2.75) is 53.1 Å². The second kappa shape index (κ2) is 5.69. The third kappa shape index (κ3) is 6.71. The fourth-order valence-electron chi connectivity index (χ4n) is 1.44. The molecule has 98 valence electrons. The second-order valence-corrected chi connectivity index (χ2v) is 8.07.